The summed E-state index contributed by atoms with van der Waals surface area (Å²) < 4.78 is 5.71. The van der Waals surface area contributed by atoms with Gasteiger partial charge in [0, 0.05) is 36.8 Å². The molecule has 2 aromatic carbocycles. The van der Waals surface area contributed by atoms with Gasteiger partial charge in [-0.15, -0.1) is 0 Å². The Morgan fingerprint density at radius 2 is 1.96 bits per heavy atom. The molecule has 0 aromatic heterocycles. The van der Waals surface area contributed by atoms with Gasteiger partial charge in [-0.25, -0.2) is 0 Å². The number of hydrogen-bond donors (Lipinski definition) is 1. The minimum atomic E-state index is -0.643. The van der Waals surface area contributed by atoms with Crippen LogP contribution in [-0.2, 0) is 11.3 Å². The number of carbonyl (C=O) groups excluding carboxylic acids is 1. The number of nitrogens with one attached hydrogen (secondary N) is 1. The van der Waals surface area contributed by atoms with Gasteiger partial charge in [-0.2, -0.15) is 17.0 Å². The molecule has 0 aliphatic carbocycles. The van der Waals surface area contributed by atoms with Gasteiger partial charge in [-0.3, -0.25) is 9.69 Å². The van der Waals surface area contributed by atoms with Crippen molar-refractivity contribution >= 4 is 23.4 Å². The Hall–Kier alpha value is -2.49. The van der Waals surface area contributed by atoms with Crippen molar-refractivity contribution in [1.29, 1.82) is 5.26 Å². The lowest BCUT2D eigenvalue weighted by molar-refractivity contribution is -0.122. The Morgan fingerprint density at radius 3 is 2.64 bits per heavy atom. The molecule has 1 atom stereocenters. The summed E-state index contributed by atoms with van der Waals surface area (Å²) in [6.45, 7) is 6.83. The van der Waals surface area contributed by atoms with Gasteiger partial charge in [-0.05, 0) is 55.3 Å². The molecule has 1 fully saturated rings. The minimum Gasteiger partial charge on any atom is -0.481 e. The maximum Gasteiger partial charge on any atom is 0.265 e. The van der Waals surface area contributed by atoms with Crippen molar-refractivity contribution < 1.29 is 9.53 Å². The largest absolute Gasteiger partial charge is 0.481 e. The molecule has 5 nitrogen and oxygen atoms in total. The van der Waals surface area contributed by atoms with E-state index in [-0.39, 0.29) is 5.91 Å². The summed E-state index contributed by atoms with van der Waals surface area (Å²) in [4.78, 5) is 15.0. The predicted molar refractivity (Wildman–Crippen MR) is 114 cm³/mol. The number of thioether (sulfide) groups is 1. The van der Waals surface area contributed by atoms with E-state index in [9.17, 15) is 4.79 Å². The number of anilines is 1. The number of aryl methyl sites for hydroxylation is 1. The lowest BCUT2D eigenvalue weighted by Gasteiger charge is -2.26. The molecule has 1 N–H and O–H groups in total. The van der Waals surface area contributed by atoms with Gasteiger partial charge in [0.2, 0.25) is 0 Å². The highest BCUT2D eigenvalue weighted by molar-refractivity contribution is 7.99. The van der Waals surface area contributed by atoms with E-state index in [4.69, 9.17) is 10.00 Å². The minimum absolute atomic E-state index is 0.195. The first-order valence-corrected chi connectivity index (χ1v) is 10.6. The van der Waals surface area contributed by atoms with Gasteiger partial charge < -0.3 is 10.1 Å². The van der Waals surface area contributed by atoms with E-state index in [1.807, 2.05) is 18.7 Å². The summed E-state index contributed by atoms with van der Waals surface area (Å²) >= 11 is 2.00. The van der Waals surface area contributed by atoms with Crippen LogP contribution in [0.15, 0.2) is 42.5 Å². The average molecular weight is 396 g/mol. The Kier molecular flexibility index (Phi) is 6.96. The van der Waals surface area contributed by atoms with Gasteiger partial charge in [0.15, 0.2) is 6.10 Å². The SMILES string of the molecule is Cc1ccc(CN2CCSCC2)cc1NC(=O)C(C)Oc1ccc(C#N)cc1. The molecular weight excluding hydrogens is 370 g/mol. The molecule has 28 heavy (non-hydrogen) atoms. The Labute approximate surface area is 170 Å². The third kappa shape index (κ3) is 5.51. The predicted octanol–water partition coefficient (Wildman–Crippen LogP) is 3.82. The summed E-state index contributed by atoms with van der Waals surface area (Å²) in [5.74, 6) is 2.73. The topological polar surface area (TPSA) is 65.4 Å². The number of carbonyl (C=O) groups is 1. The van der Waals surface area contributed by atoms with Crippen molar-refractivity contribution in [3.63, 3.8) is 0 Å². The normalized spacial score (nSPS) is 15.5. The molecule has 2 aromatic rings. The molecule has 6 heteroatoms. The Morgan fingerprint density at radius 1 is 1.25 bits per heavy atom. The molecular formula is C22H25N3O2S. The van der Waals surface area contributed by atoms with Crippen LogP contribution in [0.4, 0.5) is 5.69 Å². The summed E-state index contributed by atoms with van der Waals surface area (Å²) in [6, 6.07) is 15.0. The molecule has 1 aliphatic rings. The molecule has 1 amide bonds. The van der Waals surface area contributed by atoms with Crippen LogP contribution in [0.1, 0.15) is 23.6 Å². The number of ether oxygens (including phenoxy) is 1. The smallest absolute Gasteiger partial charge is 0.265 e. The van der Waals surface area contributed by atoms with Crippen molar-refractivity contribution in [3.8, 4) is 11.8 Å². The highest BCUT2D eigenvalue weighted by Crippen LogP contribution is 2.21. The third-order valence-corrected chi connectivity index (χ3v) is 5.68. The second-order valence-corrected chi connectivity index (χ2v) is 8.15. The van der Waals surface area contributed by atoms with Crippen LogP contribution in [-0.4, -0.2) is 41.5 Å². The first-order valence-electron chi connectivity index (χ1n) is 9.42. The Bertz CT molecular complexity index is 855. The highest BCUT2D eigenvalue weighted by Gasteiger charge is 2.17. The maximum absolute atomic E-state index is 12.6. The third-order valence-electron chi connectivity index (χ3n) is 4.74. The fraction of sp³-hybridized carbons (Fsp3) is 0.364. The van der Waals surface area contributed by atoms with Crippen LogP contribution >= 0.6 is 11.8 Å². The number of hydrogen-bond acceptors (Lipinski definition) is 5. The quantitative estimate of drug-likeness (QED) is 0.805. The van der Waals surface area contributed by atoms with E-state index in [1.54, 1.807) is 31.2 Å². The van der Waals surface area contributed by atoms with Gasteiger partial charge in [0.05, 0.1) is 11.6 Å². The lowest BCUT2D eigenvalue weighted by Crippen LogP contribution is -2.32. The van der Waals surface area contributed by atoms with Gasteiger partial charge >= 0.3 is 0 Å². The standard InChI is InChI=1S/C22H25N3O2S/c1-16-3-4-19(15-25-9-11-28-12-10-25)13-21(16)24-22(26)17(2)27-20-7-5-18(14-23)6-8-20/h3-8,13,17H,9-12,15H2,1-2H3,(H,24,26). The zero-order chi connectivity index (χ0) is 19.9. The first kappa shape index (κ1) is 20.2. The van der Waals surface area contributed by atoms with Crippen LogP contribution in [0.25, 0.3) is 0 Å². The van der Waals surface area contributed by atoms with Crippen LogP contribution < -0.4 is 10.1 Å². The van der Waals surface area contributed by atoms with Gasteiger partial charge in [-0.1, -0.05) is 12.1 Å². The second kappa shape index (κ2) is 9.63. The summed E-state index contributed by atoms with van der Waals surface area (Å²) in [5.41, 5.74) is 3.61. The lowest BCUT2D eigenvalue weighted by atomic mass is 10.1. The molecule has 1 unspecified atom stereocenters. The van der Waals surface area contributed by atoms with Gasteiger partial charge in [0.25, 0.3) is 5.91 Å². The zero-order valence-electron chi connectivity index (χ0n) is 16.3. The number of nitrogens with zero attached hydrogens (tertiary/aromatic N) is 2. The molecule has 0 spiro atoms. The van der Waals surface area contributed by atoms with Crippen molar-refractivity contribution in [2.45, 2.75) is 26.5 Å². The molecule has 146 valence electrons. The molecule has 1 saturated heterocycles. The fourth-order valence-corrected chi connectivity index (χ4v) is 4.00. The molecule has 3 rings (SSSR count). The van der Waals surface area contributed by atoms with Crippen LogP contribution in [0.2, 0.25) is 0 Å². The fourth-order valence-electron chi connectivity index (χ4n) is 3.02. The number of amides is 1. The van der Waals surface area contributed by atoms with E-state index >= 15 is 0 Å². The summed E-state index contributed by atoms with van der Waals surface area (Å²) in [5, 5.41) is 11.8. The Balaban J connectivity index is 1.61. The van der Waals surface area contributed by atoms with E-state index in [2.05, 4.69) is 34.5 Å². The summed E-state index contributed by atoms with van der Waals surface area (Å²) in [7, 11) is 0. The number of nitriles is 1. The molecule has 0 bridgehead atoms. The number of benzene rings is 2. The van der Waals surface area contributed by atoms with Crippen molar-refractivity contribution in [2.75, 3.05) is 29.9 Å². The van der Waals surface area contributed by atoms with E-state index in [0.29, 0.717) is 11.3 Å². The average Bonchev–Trinajstić information content (AvgIpc) is 2.71. The number of rotatable bonds is 6. The summed E-state index contributed by atoms with van der Waals surface area (Å²) in [6.07, 6.45) is -0.643. The molecule has 1 aliphatic heterocycles. The van der Waals surface area contributed by atoms with E-state index in [1.165, 1.54) is 17.1 Å². The van der Waals surface area contributed by atoms with Crippen LogP contribution in [0, 0.1) is 18.3 Å². The van der Waals surface area contributed by atoms with E-state index < -0.39 is 6.10 Å². The van der Waals surface area contributed by atoms with Crippen molar-refractivity contribution in [1.82, 2.24) is 4.90 Å². The molecule has 0 saturated carbocycles. The maximum atomic E-state index is 12.6. The zero-order valence-corrected chi connectivity index (χ0v) is 17.1. The molecule has 0 radical (unpaired) electrons. The van der Waals surface area contributed by atoms with E-state index in [0.717, 1.165) is 30.9 Å². The monoisotopic (exact) mass is 395 g/mol. The van der Waals surface area contributed by atoms with Crippen LogP contribution in [0.5, 0.6) is 5.75 Å². The second-order valence-electron chi connectivity index (χ2n) is 6.92. The van der Waals surface area contributed by atoms with Gasteiger partial charge in [0.1, 0.15) is 5.75 Å². The first-order chi connectivity index (χ1) is 13.5. The van der Waals surface area contributed by atoms with Crippen molar-refractivity contribution in [3.05, 3.63) is 59.2 Å². The van der Waals surface area contributed by atoms with Crippen LogP contribution in [0.3, 0.4) is 0 Å². The highest BCUT2D eigenvalue weighted by atomic mass is 32.2. The van der Waals surface area contributed by atoms with Crippen molar-refractivity contribution in [2.24, 2.45) is 0 Å². The molecule has 1 heterocycles.